The molecule has 22 heavy (non-hydrogen) atoms. The van der Waals surface area contributed by atoms with Crippen molar-refractivity contribution in [2.75, 3.05) is 5.32 Å². The lowest BCUT2D eigenvalue weighted by molar-refractivity contribution is -0.122. The minimum absolute atomic E-state index is 0.0690. The van der Waals surface area contributed by atoms with Gasteiger partial charge in [0.15, 0.2) is 5.57 Å². The maximum atomic E-state index is 11.8. The van der Waals surface area contributed by atoms with Crippen molar-refractivity contribution < 1.29 is 4.79 Å². The van der Waals surface area contributed by atoms with Gasteiger partial charge < -0.3 is 10.6 Å². The number of hydrogen-bond donors (Lipinski definition) is 2. The van der Waals surface area contributed by atoms with Gasteiger partial charge in [-0.3, -0.25) is 4.79 Å². The molecule has 108 valence electrons. The average molecular weight is 291 g/mol. The van der Waals surface area contributed by atoms with Gasteiger partial charge in [-0.15, -0.1) is 0 Å². The molecule has 0 aliphatic carbocycles. The van der Waals surface area contributed by atoms with E-state index in [4.69, 9.17) is 15.8 Å². The number of carbonyl (C=O) groups is 1. The molecular formula is C16H13N5O. The molecule has 6 nitrogen and oxygen atoms in total. The predicted octanol–water partition coefficient (Wildman–Crippen LogP) is 1.83. The summed E-state index contributed by atoms with van der Waals surface area (Å²) in [5, 5.41) is 32.4. The molecule has 1 aliphatic rings. The van der Waals surface area contributed by atoms with Crippen LogP contribution in [0.5, 0.6) is 0 Å². The minimum Gasteiger partial charge on any atom is -0.347 e. The van der Waals surface area contributed by atoms with Gasteiger partial charge >= 0.3 is 0 Å². The molecule has 0 saturated heterocycles. The summed E-state index contributed by atoms with van der Waals surface area (Å²) in [5.74, 6) is -0.0690. The predicted molar refractivity (Wildman–Crippen MR) is 78.8 cm³/mol. The van der Waals surface area contributed by atoms with E-state index in [1.54, 1.807) is 30.3 Å². The van der Waals surface area contributed by atoms with Crippen molar-refractivity contribution in [3.8, 4) is 18.2 Å². The first-order valence-corrected chi connectivity index (χ1v) is 6.57. The highest BCUT2D eigenvalue weighted by Gasteiger charge is 2.30. The largest absolute Gasteiger partial charge is 0.347 e. The molecule has 1 amide bonds. The third-order valence-corrected chi connectivity index (χ3v) is 3.44. The molecule has 0 bridgehead atoms. The van der Waals surface area contributed by atoms with E-state index >= 15 is 0 Å². The smallest absolute Gasteiger partial charge is 0.225 e. The summed E-state index contributed by atoms with van der Waals surface area (Å²) < 4.78 is 0. The molecule has 0 atom stereocenters. The number of benzene rings is 1. The Balaban J connectivity index is 2.42. The maximum Gasteiger partial charge on any atom is 0.225 e. The van der Waals surface area contributed by atoms with Crippen molar-refractivity contribution in [2.24, 2.45) is 0 Å². The summed E-state index contributed by atoms with van der Waals surface area (Å²) in [4.78, 5) is 11.8. The maximum absolute atomic E-state index is 11.8. The van der Waals surface area contributed by atoms with Crippen LogP contribution in [0.25, 0.3) is 0 Å². The average Bonchev–Trinajstić information content (AvgIpc) is 2.45. The molecule has 1 aliphatic heterocycles. The van der Waals surface area contributed by atoms with Crippen LogP contribution in [0.2, 0.25) is 0 Å². The van der Waals surface area contributed by atoms with E-state index < -0.39 is 5.54 Å². The Labute approximate surface area is 128 Å². The molecule has 1 aromatic rings. The van der Waals surface area contributed by atoms with Crippen molar-refractivity contribution >= 4 is 11.6 Å². The fourth-order valence-corrected chi connectivity index (χ4v) is 2.49. The second-order valence-corrected chi connectivity index (χ2v) is 5.43. The number of nitrogens with zero attached hydrogens (tertiary/aromatic N) is 3. The molecule has 0 fully saturated rings. The number of anilines is 1. The Morgan fingerprint density at radius 1 is 1.23 bits per heavy atom. The molecule has 1 aromatic carbocycles. The topological polar surface area (TPSA) is 112 Å². The highest BCUT2D eigenvalue weighted by atomic mass is 16.1. The summed E-state index contributed by atoms with van der Waals surface area (Å²) in [6.45, 7) is 3.83. The lowest BCUT2D eigenvalue weighted by Crippen LogP contribution is -2.46. The molecule has 0 radical (unpaired) electrons. The van der Waals surface area contributed by atoms with Crippen LogP contribution in [0.15, 0.2) is 29.5 Å². The number of amides is 1. The Morgan fingerprint density at radius 3 is 2.50 bits per heavy atom. The van der Waals surface area contributed by atoms with Crippen LogP contribution >= 0.6 is 0 Å². The fraction of sp³-hybridized carbons (Fsp3) is 0.250. The first kappa shape index (κ1) is 15.1. The van der Waals surface area contributed by atoms with E-state index in [9.17, 15) is 4.79 Å². The third kappa shape index (κ3) is 2.75. The Morgan fingerprint density at radius 2 is 1.91 bits per heavy atom. The third-order valence-electron chi connectivity index (χ3n) is 3.44. The van der Waals surface area contributed by atoms with Crippen LogP contribution in [-0.2, 0) is 16.8 Å². The second-order valence-electron chi connectivity index (χ2n) is 5.43. The highest BCUT2D eigenvalue weighted by molar-refractivity contribution is 5.83. The summed E-state index contributed by atoms with van der Waals surface area (Å²) in [5.41, 5.74) is 1.57. The standard InChI is InChI=1S/C16H13N5O/c1-16(2)13-4-3-12(5-10(13)6-15(22)21-16)20-14(9-19)11(7-17)8-18/h3-5,20H,6H2,1-2H3,(H,21,22). The highest BCUT2D eigenvalue weighted by Crippen LogP contribution is 2.30. The van der Waals surface area contributed by atoms with Crippen LogP contribution in [0.4, 0.5) is 5.69 Å². The summed E-state index contributed by atoms with van der Waals surface area (Å²) in [6, 6.07) is 10.5. The van der Waals surface area contributed by atoms with Crippen LogP contribution in [-0.4, -0.2) is 5.91 Å². The monoisotopic (exact) mass is 291 g/mol. The van der Waals surface area contributed by atoms with E-state index in [0.717, 1.165) is 11.1 Å². The lowest BCUT2D eigenvalue weighted by atomic mass is 9.85. The van der Waals surface area contributed by atoms with Crippen LogP contribution in [0.1, 0.15) is 25.0 Å². The summed E-state index contributed by atoms with van der Waals surface area (Å²) >= 11 is 0. The van der Waals surface area contributed by atoms with Gasteiger partial charge in [-0.25, -0.2) is 0 Å². The molecule has 2 N–H and O–H groups in total. The molecule has 0 aromatic heterocycles. The first-order valence-electron chi connectivity index (χ1n) is 6.57. The van der Waals surface area contributed by atoms with E-state index in [-0.39, 0.29) is 23.6 Å². The van der Waals surface area contributed by atoms with Crippen molar-refractivity contribution in [3.05, 3.63) is 40.6 Å². The molecule has 6 heteroatoms. The number of hydrogen-bond acceptors (Lipinski definition) is 5. The van der Waals surface area contributed by atoms with E-state index in [1.807, 2.05) is 19.9 Å². The van der Waals surface area contributed by atoms with E-state index in [1.165, 1.54) is 0 Å². The second kappa shape index (κ2) is 5.60. The van der Waals surface area contributed by atoms with E-state index in [0.29, 0.717) is 5.69 Å². The normalized spacial score (nSPS) is 14.4. The molecule has 0 unspecified atom stereocenters. The first-order chi connectivity index (χ1) is 10.4. The van der Waals surface area contributed by atoms with E-state index in [2.05, 4.69) is 10.6 Å². The van der Waals surface area contributed by atoms with Crippen LogP contribution in [0.3, 0.4) is 0 Å². The van der Waals surface area contributed by atoms with Gasteiger partial charge in [0.2, 0.25) is 5.91 Å². The van der Waals surface area contributed by atoms with Gasteiger partial charge in [0.25, 0.3) is 0 Å². The quantitative estimate of drug-likeness (QED) is 0.807. The van der Waals surface area contributed by atoms with Gasteiger partial charge in [-0.1, -0.05) is 6.07 Å². The van der Waals surface area contributed by atoms with Crippen molar-refractivity contribution in [3.63, 3.8) is 0 Å². The molecular weight excluding hydrogens is 278 g/mol. The number of rotatable bonds is 2. The zero-order chi connectivity index (χ0) is 16.3. The Bertz CT molecular complexity index is 783. The number of carbonyl (C=O) groups excluding carboxylic acids is 1. The van der Waals surface area contributed by atoms with Gasteiger partial charge in [-0.2, -0.15) is 15.8 Å². The minimum atomic E-state index is -0.457. The summed E-state index contributed by atoms with van der Waals surface area (Å²) in [6.07, 6.45) is 0.253. The van der Waals surface area contributed by atoms with Crippen molar-refractivity contribution in [1.82, 2.24) is 5.32 Å². The number of allylic oxidation sites excluding steroid dienone is 2. The van der Waals surface area contributed by atoms with Gasteiger partial charge in [0.1, 0.15) is 23.9 Å². The number of nitrogens with one attached hydrogen (secondary N) is 2. The van der Waals surface area contributed by atoms with Gasteiger partial charge in [-0.05, 0) is 37.1 Å². The number of nitriles is 3. The summed E-state index contributed by atoms with van der Waals surface area (Å²) in [7, 11) is 0. The molecule has 2 rings (SSSR count). The lowest BCUT2D eigenvalue weighted by Gasteiger charge is -2.33. The zero-order valence-corrected chi connectivity index (χ0v) is 12.2. The SMILES string of the molecule is CC1(C)NC(=O)Cc2cc(NC(C#N)=C(C#N)C#N)ccc21. The Hall–Kier alpha value is -3.30. The van der Waals surface area contributed by atoms with Crippen molar-refractivity contribution in [1.29, 1.82) is 15.8 Å². The molecule has 1 heterocycles. The fourth-order valence-electron chi connectivity index (χ4n) is 2.49. The zero-order valence-electron chi connectivity index (χ0n) is 12.2. The van der Waals surface area contributed by atoms with Crippen LogP contribution < -0.4 is 10.6 Å². The molecule has 0 spiro atoms. The Kier molecular flexibility index (Phi) is 3.84. The van der Waals surface area contributed by atoms with Gasteiger partial charge in [0, 0.05) is 5.69 Å². The van der Waals surface area contributed by atoms with Crippen molar-refractivity contribution in [2.45, 2.75) is 25.8 Å². The van der Waals surface area contributed by atoms with Crippen LogP contribution in [0, 0.1) is 34.0 Å². The van der Waals surface area contributed by atoms with Gasteiger partial charge in [0.05, 0.1) is 12.0 Å². The molecule has 0 saturated carbocycles. The number of fused-ring (bicyclic) bond motifs is 1.